The lowest BCUT2D eigenvalue weighted by molar-refractivity contribution is -0.115. The maximum atomic E-state index is 11.9. The molecule has 2 heterocycles. The Balaban J connectivity index is 1.71. The Labute approximate surface area is 128 Å². The first-order valence-electron chi connectivity index (χ1n) is 6.21. The van der Waals surface area contributed by atoms with Gasteiger partial charge in [-0.15, -0.1) is 0 Å². The van der Waals surface area contributed by atoms with E-state index >= 15 is 0 Å². The molecule has 7 heteroatoms. The van der Waals surface area contributed by atoms with Crippen molar-refractivity contribution in [2.75, 3.05) is 5.32 Å². The number of para-hydroxylation sites is 1. The average Bonchev–Trinajstić information content (AvgIpc) is 3.11. The van der Waals surface area contributed by atoms with Crippen molar-refractivity contribution in [2.45, 2.75) is 6.42 Å². The summed E-state index contributed by atoms with van der Waals surface area (Å²) in [5, 5.41) is 10.7. The highest BCUT2D eigenvalue weighted by atomic mass is 79.9. The Bertz CT molecular complexity index is 752. The highest BCUT2D eigenvalue weighted by molar-refractivity contribution is 9.10. The lowest BCUT2D eigenvalue weighted by atomic mass is 10.3. The summed E-state index contributed by atoms with van der Waals surface area (Å²) in [4.78, 5) is 11.9. The fraction of sp³-hybridized carbons (Fsp3) is 0.0714. The van der Waals surface area contributed by atoms with Crippen LogP contribution in [0.15, 0.2) is 58.0 Å². The van der Waals surface area contributed by atoms with Crippen LogP contribution in [0.1, 0.15) is 5.69 Å². The van der Waals surface area contributed by atoms with E-state index in [1.54, 1.807) is 23.1 Å². The summed E-state index contributed by atoms with van der Waals surface area (Å²) in [5.41, 5.74) is 2.11. The topological polar surface area (TPSA) is 73.0 Å². The summed E-state index contributed by atoms with van der Waals surface area (Å²) >= 11 is 3.47. The van der Waals surface area contributed by atoms with E-state index in [2.05, 4.69) is 36.0 Å². The number of carbonyl (C=O) groups is 1. The zero-order valence-electron chi connectivity index (χ0n) is 10.9. The van der Waals surface area contributed by atoms with Crippen LogP contribution in [0, 0.1) is 0 Å². The van der Waals surface area contributed by atoms with Crippen molar-refractivity contribution >= 4 is 27.5 Å². The van der Waals surface area contributed by atoms with Crippen molar-refractivity contribution in [3.8, 4) is 5.69 Å². The number of hydrogen-bond donors (Lipinski definition) is 1. The van der Waals surface area contributed by atoms with Gasteiger partial charge in [0.2, 0.25) is 5.91 Å². The summed E-state index contributed by atoms with van der Waals surface area (Å²) in [7, 11) is 0. The molecule has 1 aromatic carbocycles. The van der Waals surface area contributed by atoms with Gasteiger partial charge in [-0.25, -0.2) is 4.68 Å². The van der Waals surface area contributed by atoms with E-state index in [1.165, 1.54) is 6.26 Å². The second-order valence-corrected chi connectivity index (χ2v) is 5.20. The van der Waals surface area contributed by atoms with E-state index in [1.807, 2.05) is 24.3 Å². The molecule has 0 saturated heterocycles. The molecule has 0 spiro atoms. The molecule has 0 aliphatic heterocycles. The minimum Gasteiger partial charge on any atom is -0.364 e. The van der Waals surface area contributed by atoms with Gasteiger partial charge in [-0.3, -0.25) is 4.79 Å². The molecule has 21 heavy (non-hydrogen) atoms. The molecule has 1 N–H and O–H groups in total. The minimum absolute atomic E-state index is 0.163. The summed E-state index contributed by atoms with van der Waals surface area (Å²) in [5.74, 6) is -0.171. The van der Waals surface area contributed by atoms with Crippen molar-refractivity contribution in [2.24, 2.45) is 0 Å². The molecule has 0 bridgehead atoms. The zero-order valence-corrected chi connectivity index (χ0v) is 12.4. The molecule has 2 aromatic heterocycles. The van der Waals surface area contributed by atoms with Gasteiger partial charge < -0.3 is 9.84 Å². The van der Waals surface area contributed by atoms with Crippen LogP contribution in [-0.4, -0.2) is 20.8 Å². The summed E-state index contributed by atoms with van der Waals surface area (Å²) in [6, 6.07) is 9.37. The highest BCUT2D eigenvalue weighted by Crippen LogP contribution is 2.21. The van der Waals surface area contributed by atoms with Crippen LogP contribution >= 0.6 is 15.9 Å². The molecule has 0 radical (unpaired) electrons. The van der Waals surface area contributed by atoms with Gasteiger partial charge in [-0.2, -0.15) is 5.10 Å². The summed E-state index contributed by atoms with van der Waals surface area (Å²) in [6.07, 6.45) is 4.95. The number of benzene rings is 1. The first kappa shape index (κ1) is 13.6. The molecule has 0 fully saturated rings. The highest BCUT2D eigenvalue weighted by Gasteiger charge is 2.09. The number of carbonyl (C=O) groups excluding carboxylic acids is 1. The lowest BCUT2D eigenvalue weighted by Crippen LogP contribution is -2.14. The Hall–Kier alpha value is -2.41. The number of hydrogen-bond acceptors (Lipinski definition) is 4. The molecular weight excluding hydrogens is 336 g/mol. The summed E-state index contributed by atoms with van der Waals surface area (Å²) in [6.45, 7) is 0. The van der Waals surface area contributed by atoms with E-state index in [0.717, 1.165) is 10.2 Å². The smallest absolute Gasteiger partial charge is 0.230 e. The average molecular weight is 347 g/mol. The Kier molecular flexibility index (Phi) is 3.83. The van der Waals surface area contributed by atoms with Gasteiger partial charge in [0.25, 0.3) is 0 Å². The monoisotopic (exact) mass is 346 g/mol. The molecule has 0 aliphatic rings. The molecule has 106 valence electrons. The third-order valence-corrected chi connectivity index (χ3v) is 3.47. The van der Waals surface area contributed by atoms with Gasteiger partial charge >= 0.3 is 0 Å². The number of aromatic nitrogens is 3. The van der Waals surface area contributed by atoms with Gasteiger partial charge in [0.05, 0.1) is 35.9 Å². The van der Waals surface area contributed by atoms with E-state index < -0.39 is 0 Å². The predicted octanol–water partition coefficient (Wildman–Crippen LogP) is 2.80. The van der Waals surface area contributed by atoms with Crippen molar-refractivity contribution < 1.29 is 9.32 Å². The molecule has 3 rings (SSSR count). The first-order valence-corrected chi connectivity index (χ1v) is 7.00. The van der Waals surface area contributed by atoms with Gasteiger partial charge in [0.15, 0.2) is 0 Å². The number of nitrogens with one attached hydrogen (secondary N) is 1. The zero-order chi connectivity index (χ0) is 14.7. The second kappa shape index (κ2) is 5.92. The Morgan fingerprint density at radius 1 is 1.33 bits per heavy atom. The van der Waals surface area contributed by atoms with Crippen molar-refractivity contribution in [1.82, 2.24) is 14.9 Å². The molecular formula is C14H11BrN4O2. The maximum absolute atomic E-state index is 11.9. The molecule has 0 aliphatic carbocycles. The fourth-order valence-electron chi connectivity index (χ4n) is 1.86. The van der Waals surface area contributed by atoms with E-state index in [-0.39, 0.29) is 12.3 Å². The molecule has 3 aromatic rings. The number of nitrogens with zero attached hydrogens (tertiary/aromatic N) is 3. The van der Waals surface area contributed by atoms with Crippen LogP contribution in [0.3, 0.4) is 0 Å². The van der Waals surface area contributed by atoms with Gasteiger partial charge in [0.1, 0.15) is 6.26 Å². The quantitative estimate of drug-likeness (QED) is 0.788. The predicted molar refractivity (Wildman–Crippen MR) is 80.1 cm³/mol. The molecule has 0 saturated carbocycles. The third kappa shape index (κ3) is 3.19. The number of halogens is 1. The van der Waals surface area contributed by atoms with E-state index in [0.29, 0.717) is 11.4 Å². The largest absolute Gasteiger partial charge is 0.364 e. The SMILES string of the molecule is O=C(Cc1ccon1)Nc1cnn(-c2ccccc2Br)c1. The van der Waals surface area contributed by atoms with Crippen molar-refractivity contribution in [3.63, 3.8) is 0 Å². The van der Waals surface area contributed by atoms with Crippen LogP contribution in [0.4, 0.5) is 5.69 Å². The second-order valence-electron chi connectivity index (χ2n) is 4.34. The number of rotatable bonds is 4. The minimum atomic E-state index is -0.171. The maximum Gasteiger partial charge on any atom is 0.230 e. The standard InChI is InChI=1S/C14H11BrN4O2/c15-12-3-1-2-4-13(12)19-9-11(8-16-19)17-14(20)7-10-5-6-21-18-10/h1-6,8-9H,7H2,(H,17,20). The summed E-state index contributed by atoms with van der Waals surface area (Å²) < 4.78 is 7.30. The molecule has 6 nitrogen and oxygen atoms in total. The third-order valence-electron chi connectivity index (χ3n) is 2.80. The normalized spacial score (nSPS) is 10.5. The molecule has 1 amide bonds. The molecule has 0 atom stereocenters. The van der Waals surface area contributed by atoms with Crippen LogP contribution in [0.25, 0.3) is 5.69 Å². The Morgan fingerprint density at radius 2 is 2.19 bits per heavy atom. The van der Waals surface area contributed by atoms with Gasteiger partial charge in [0, 0.05) is 10.5 Å². The van der Waals surface area contributed by atoms with Crippen molar-refractivity contribution in [3.05, 3.63) is 59.2 Å². The Morgan fingerprint density at radius 3 is 2.95 bits per heavy atom. The number of anilines is 1. The van der Waals surface area contributed by atoms with Crippen LogP contribution in [0.5, 0.6) is 0 Å². The van der Waals surface area contributed by atoms with Gasteiger partial charge in [-0.05, 0) is 28.1 Å². The van der Waals surface area contributed by atoms with E-state index in [9.17, 15) is 4.79 Å². The van der Waals surface area contributed by atoms with Gasteiger partial charge in [-0.1, -0.05) is 17.3 Å². The first-order chi connectivity index (χ1) is 10.2. The van der Waals surface area contributed by atoms with Crippen molar-refractivity contribution in [1.29, 1.82) is 0 Å². The fourth-order valence-corrected chi connectivity index (χ4v) is 2.32. The van der Waals surface area contributed by atoms with Crippen LogP contribution in [-0.2, 0) is 11.2 Å². The van der Waals surface area contributed by atoms with E-state index in [4.69, 9.17) is 0 Å². The lowest BCUT2D eigenvalue weighted by Gasteiger charge is -2.03. The number of amides is 1. The molecule has 0 unspecified atom stereocenters. The van der Waals surface area contributed by atoms with Crippen LogP contribution in [0.2, 0.25) is 0 Å². The van der Waals surface area contributed by atoms with Crippen LogP contribution < -0.4 is 5.32 Å².